The minimum atomic E-state index is -0.821. The lowest BCUT2D eigenvalue weighted by Crippen LogP contribution is -2.43. The molecule has 0 aliphatic carbocycles. The van der Waals surface area contributed by atoms with E-state index < -0.39 is 5.60 Å². The molecule has 1 aromatic heterocycles. The number of ether oxygens (including phenoxy) is 3. The summed E-state index contributed by atoms with van der Waals surface area (Å²) >= 11 is 0. The second kappa shape index (κ2) is 11.8. The molecule has 0 radical (unpaired) electrons. The molecule has 0 spiro atoms. The maximum atomic E-state index is 12.7. The zero-order valence-electron chi connectivity index (χ0n) is 16.0. The summed E-state index contributed by atoms with van der Waals surface area (Å²) in [6.45, 7) is 7.56. The molecule has 0 fully saturated rings. The van der Waals surface area contributed by atoms with Gasteiger partial charge >= 0.3 is 0 Å². The van der Waals surface area contributed by atoms with Crippen molar-refractivity contribution in [3.63, 3.8) is 0 Å². The number of carbonyl (C=O) groups excluding carboxylic acids is 1. The number of aromatic nitrogens is 1. The average Bonchev–Trinajstić information content (AvgIpc) is 2.62. The molecule has 1 aromatic rings. The number of unbranched alkanes of at least 4 members (excludes halogenated alkanes) is 2. The molecule has 1 rings (SSSR count). The number of hydrogen-bond acceptors (Lipinski definition) is 5. The van der Waals surface area contributed by atoms with Crippen LogP contribution in [0.15, 0.2) is 18.3 Å². The third-order valence-corrected chi connectivity index (χ3v) is 3.89. The van der Waals surface area contributed by atoms with E-state index in [0.29, 0.717) is 37.8 Å². The van der Waals surface area contributed by atoms with Crippen molar-refractivity contribution >= 4 is 11.6 Å². The normalized spacial score (nSPS) is 13.3. The molecule has 0 aliphatic rings. The second-order valence-electron chi connectivity index (χ2n) is 6.22. The molecule has 1 amide bonds. The Morgan fingerprint density at radius 3 is 2.56 bits per heavy atom. The van der Waals surface area contributed by atoms with Gasteiger partial charge in [0.05, 0.1) is 18.5 Å². The predicted octanol–water partition coefficient (Wildman–Crippen LogP) is 3.81. The molecule has 0 aliphatic heterocycles. The molecular weight excluding hydrogens is 320 g/mol. The van der Waals surface area contributed by atoms with Gasteiger partial charge in [-0.25, -0.2) is 4.98 Å². The number of hydrogen-bond donors (Lipinski definition) is 1. The molecule has 142 valence electrons. The van der Waals surface area contributed by atoms with Crippen LogP contribution in [0, 0.1) is 0 Å². The summed E-state index contributed by atoms with van der Waals surface area (Å²) in [5.41, 5.74) is -0.190. The standard InChI is InChI=1S/C19H32N2O4/c1-5-7-8-11-19(3,25-12-6-2)18(22)21-16-9-10-17(20-15-16)24-14-13-23-4/h9-10,15H,5-8,11-14H2,1-4H3,(H,21,22). The van der Waals surface area contributed by atoms with Crippen molar-refractivity contribution in [1.82, 2.24) is 4.98 Å². The molecule has 0 saturated carbocycles. The minimum absolute atomic E-state index is 0.132. The van der Waals surface area contributed by atoms with E-state index in [0.717, 1.165) is 25.7 Å². The maximum absolute atomic E-state index is 12.7. The van der Waals surface area contributed by atoms with Crippen LogP contribution in [0.2, 0.25) is 0 Å². The fraction of sp³-hybridized carbons (Fsp3) is 0.684. The highest BCUT2D eigenvalue weighted by Gasteiger charge is 2.33. The van der Waals surface area contributed by atoms with E-state index >= 15 is 0 Å². The molecule has 25 heavy (non-hydrogen) atoms. The van der Waals surface area contributed by atoms with Gasteiger partial charge < -0.3 is 19.5 Å². The summed E-state index contributed by atoms with van der Waals surface area (Å²) in [4.78, 5) is 16.9. The van der Waals surface area contributed by atoms with Gasteiger partial charge in [0.1, 0.15) is 12.2 Å². The molecule has 0 bridgehead atoms. The summed E-state index contributed by atoms with van der Waals surface area (Å²) in [5.74, 6) is 0.370. The van der Waals surface area contributed by atoms with Crippen LogP contribution < -0.4 is 10.1 Å². The van der Waals surface area contributed by atoms with Crippen molar-refractivity contribution in [2.45, 2.75) is 58.5 Å². The zero-order chi connectivity index (χ0) is 18.5. The Kier molecular flexibility index (Phi) is 10.1. The second-order valence-corrected chi connectivity index (χ2v) is 6.22. The van der Waals surface area contributed by atoms with Crippen LogP contribution in [0.5, 0.6) is 5.88 Å². The van der Waals surface area contributed by atoms with Gasteiger partial charge in [0.2, 0.25) is 5.88 Å². The van der Waals surface area contributed by atoms with Gasteiger partial charge in [0.25, 0.3) is 5.91 Å². The molecule has 1 heterocycles. The summed E-state index contributed by atoms with van der Waals surface area (Å²) in [6, 6.07) is 3.51. The van der Waals surface area contributed by atoms with Crippen LogP contribution in [-0.2, 0) is 14.3 Å². The first-order chi connectivity index (χ1) is 12.1. The number of nitrogens with one attached hydrogen (secondary N) is 1. The van der Waals surface area contributed by atoms with Gasteiger partial charge in [-0.1, -0.05) is 33.1 Å². The Hall–Kier alpha value is -1.66. The zero-order valence-corrected chi connectivity index (χ0v) is 16.0. The number of anilines is 1. The summed E-state index contributed by atoms with van der Waals surface area (Å²) < 4.78 is 16.2. The number of amides is 1. The molecule has 6 nitrogen and oxygen atoms in total. The SMILES string of the molecule is CCCCCC(C)(OCCC)C(=O)Nc1ccc(OCCOC)nc1. The summed E-state index contributed by atoms with van der Waals surface area (Å²) in [6.07, 6.45) is 6.35. The van der Waals surface area contributed by atoms with E-state index in [2.05, 4.69) is 17.2 Å². The van der Waals surface area contributed by atoms with Crippen molar-refractivity contribution in [2.75, 3.05) is 32.2 Å². The smallest absolute Gasteiger partial charge is 0.256 e. The van der Waals surface area contributed by atoms with Crippen LogP contribution in [0.1, 0.15) is 52.9 Å². The van der Waals surface area contributed by atoms with Crippen LogP contribution in [0.25, 0.3) is 0 Å². The Labute approximate surface area is 151 Å². The number of pyridine rings is 1. The summed E-state index contributed by atoms with van der Waals surface area (Å²) in [7, 11) is 1.62. The number of methoxy groups -OCH3 is 1. The first kappa shape index (κ1) is 21.4. The van der Waals surface area contributed by atoms with Crippen LogP contribution in [0.4, 0.5) is 5.69 Å². The monoisotopic (exact) mass is 352 g/mol. The van der Waals surface area contributed by atoms with Gasteiger partial charge in [-0.3, -0.25) is 4.79 Å². The fourth-order valence-electron chi connectivity index (χ4n) is 2.32. The first-order valence-electron chi connectivity index (χ1n) is 9.09. The third-order valence-electron chi connectivity index (χ3n) is 3.89. The molecule has 0 saturated heterocycles. The predicted molar refractivity (Wildman–Crippen MR) is 99.0 cm³/mol. The van der Waals surface area contributed by atoms with Crippen molar-refractivity contribution in [3.05, 3.63) is 18.3 Å². The van der Waals surface area contributed by atoms with Gasteiger partial charge in [-0.15, -0.1) is 0 Å². The van der Waals surface area contributed by atoms with E-state index in [9.17, 15) is 4.79 Å². The van der Waals surface area contributed by atoms with Crippen molar-refractivity contribution in [2.24, 2.45) is 0 Å². The van der Waals surface area contributed by atoms with Crippen LogP contribution in [0.3, 0.4) is 0 Å². The van der Waals surface area contributed by atoms with Crippen molar-refractivity contribution in [3.8, 4) is 5.88 Å². The molecular formula is C19H32N2O4. The number of nitrogens with zero attached hydrogens (tertiary/aromatic N) is 1. The van der Waals surface area contributed by atoms with E-state index in [1.165, 1.54) is 0 Å². The Bertz CT molecular complexity index is 493. The molecule has 0 aromatic carbocycles. The molecule has 1 unspecified atom stereocenters. The summed E-state index contributed by atoms with van der Waals surface area (Å²) in [5, 5.41) is 2.91. The molecule has 1 N–H and O–H groups in total. The molecule has 1 atom stereocenters. The largest absolute Gasteiger partial charge is 0.475 e. The fourth-order valence-corrected chi connectivity index (χ4v) is 2.32. The van der Waals surface area contributed by atoms with Gasteiger partial charge in [-0.2, -0.15) is 0 Å². The van der Waals surface area contributed by atoms with Gasteiger partial charge in [0, 0.05) is 19.8 Å². The van der Waals surface area contributed by atoms with E-state index in [1.54, 1.807) is 25.4 Å². The topological polar surface area (TPSA) is 69.7 Å². The lowest BCUT2D eigenvalue weighted by atomic mass is 9.96. The third kappa shape index (κ3) is 7.84. The lowest BCUT2D eigenvalue weighted by molar-refractivity contribution is -0.140. The number of carbonyl (C=O) groups is 1. The Morgan fingerprint density at radius 2 is 1.96 bits per heavy atom. The van der Waals surface area contributed by atoms with E-state index in [4.69, 9.17) is 14.2 Å². The highest BCUT2D eigenvalue weighted by Crippen LogP contribution is 2.23. The Balaban J connectivity index is 2.64. The van der Waals surface area contributed by atoms with Gasteiger partial charge in [0.15, 0.2) is 0 Å². The lowest BCUT2D eigenvalue weighted by Gasteiger charge is -2.28. The quantitative estimate of drug-likeness (QED) is 0.547. The molecule has 6 heteroatoms. The first-order valence-corrected chi connectivity index (χ1v) is 9.09. The van der Waals surface area contributed by atoms with Crippen LogP contribution in [-0.4, -0.2) is 43.4 Å². The van der Waals surface area contributed by atoms with E-state index in [1.807, 2.05) is 13.8 Å². The minimum Gasteiger partial charge on any atom is -0.475 e. The highest BCUT2D eigenvalue weighted by molar-refractivity contribution is 5.96. The van der Waals surface area contributed by atoms with Crippen molar-refractivity contribution in [1.29, 1.82) is 0 Å². The highest BCUT2D eigenvalue weighted by atomic mass is 16.5. The van der Waals surface area contributed by atoms with Crippen LogP contribution >= 0.6 is 0 Å². The van der Waals surface area contributed by atoms with Gasteiger partial charge in [-0.05, 0) is 25.8 Å². The number of rotatable bonds is 13. The Morgan fingerprint density at radius 1 is 1.16 bits per heavy atom. The average molecular weight is 352 g/mol. The van der Waals surface area contributed by atoms with E-state index in [-0.39, 0.29) is 5.91 Å². The van der Waals surface area contributed by atoms with Crippen molar-refractivity contribution < 1.29 is 19.0 Å². The maximum Gasteiger partial charge on any atom is 0.256 e.